The second-order valence-electron chi connectivity index (χ2n) is 5.51. The molecule has 0 saturated carbocycles. The van der Waals surface area contributed by atoms with E-state index in [2.05, 4.69) is 13.0 Å². The molecule has 2 rings (SSSR count). The van der Waals surface area contributed by atoms with Gasteiger partial charge in [0.05, 0.1) is 19.3 Å². The van der Waals surface area contributed by atoms with E-state index < -0.39 is 0 Å². The number of aliphatic hydroxyl groups is 1. The Labute approximate surface area is 109 Å². The average Bonchev–Trinajstić information content (AvgIpc) is 3.23. The summed E-state index contributed by atoms with van der Waals surface area (Å²) < 4.78 is 16.3. The van der Waals surface area contributed by atoms with Crippen molar-refractivity contribution in [2.45, 2.75) is 57.7 Å². The van der Waals surface area contributed by atoms with Crippen molar-refractivity contribution in [3.63, 3.8) is 0 Å². The van der Waals surface area contributed by atoms with E-state index in [1.165, 1.54) is 0 Å². The normalized spacial score (nSPS) is 36.3. The van der Waals surface area contributed by atoms with Gasteiger partial charge in [0.25, 0.3) is 0 Å². The molecule has 2 aliphatic heterocycles. The minimum Gasteiger partial charge on any atom is -0.393 e. The van der Waals surface area contributed by atoms with Crippen LogP contribution in [0.4, 0.5) is 0 Å². The molecule has 0 bridgehead atoms. The molecule has 0 radical (unpaired) electrons. The third-order valence-corrected chi connectivity index (χ3v) is 3.65. The van der Waals surface area contributed by atoms with Gasteiger partial charge in [-0.1, -0.05) is 32.9 Å². The van der Waals surface area contributed by atoms with E-state index in [1.54, 1.807) is 0 Å². The lowest BCUT2D eigenvalue weighted by atomic mass is 10.1. The predicted octanol–water partition coefficient (Wildman–Crippen LogP) is 1.87. The van der Waals surface area contributed by atoms with Gasteiger partial charge < -0.3 is 19.3 Å². The zero-order valence-electron chi connectivity index (χ0n) is 11.5. The van der Waals surface area contributed by atoms with Gasteiger partial charge in [-0.3, -0.25) is 0 Å². The van der Waals surface area contributed by atoms with E-state index in [9.17, 15) is 5.11 Å². The first-order valence-electron chi connectivity index (χ1n) is 6.85. The maximum atomic E-state index is 9.62. The Bertz CT molecular complexity index is 296. The van der Waals surface area contributed by atoms with Crippen LogP contribution in [0.2, 0.25) is 0 Å². The van der Waals surface area contributed by atoms with E-state index in [0.717, 1.165) is 13.0 Å². The molecule has 1 N–H and O–H groups in total. The van der Waals surface area contributed by atoms with E-state index in [4.69, 9.17) is 14.2 Å². The van der Waals surface area contributed by atoms with Crippen LogP contribution in [-0.4, -0.2) is 42.4 Å². The van der Waals surface area contributed by atoms with Crippen LogP contribution in [0.25, 0.3) is 0 Å². The topological polar surface area (TPSA) is 54.5 Å². The third-order valence-electron chi connectivity index (χ3n) is 3.65. The summed E-state index contributed by atoms with van der Waals surface area (Å²) in [5.41, 5.74) is -0.0235. The Morgan fingerprint density at radius 1 is 1.50 bits per heavy atom. The lowest BCUT2D eigenvalue weighted by Crippen LogP contribution is -2.17. The fraction of sp³-hybridized carbons (Fsp3) is 0.857. The summed E-state index contributed by atoms with van der Waals surface area (Å²) in [5.74, 6) is 0.279. The van der Waals surface area contributed by atoms with Gasteiger partial charge in [-0.15, -0.1) is 0 Å². The van der Waals surface area contributed by atoms with E-state index in [-0.39, 0.29) is 30.0 Å². The summed E-state index contributed by atoms with van der Waals surface area (Å²) in [7, 11) is 0. The maximum Gasteiger partial charge on any atom is 0.188 e. The second kappa shape index (κ2) is 5.70. The quantitative estimate of drug-likeness (QED) is 0.532. The highest BCUT2D eigenvalue weighted by atomic mass is 16.8. The van der Waals surface area contributed by atoms with Crippen LogP contribution >= 0.6 is 0 Å². The van der Waals surface area contributed by atoms with Gasteiger partial charge in [0.1, 0.15) is 11.7 Å². The largest absolute Gasteiger partial charge is 0.393 e. The van der Waals surface area contributed by atoms with Gasteiger partial charge in [-0.2, -0.15) is 0 Å². The Hall–Kier alpha value is -0.420. The van der Waals surface area contributed by atoms with Crippen molar-refractivity contribution in [2.24, 2.45) is 5.92 Å². The monoisotopic (exact) mass is 256 g/mol. The standard InChI is InChI=1S/C14H24O4/c1-4-14(9-17-14)7-5-12-13(18-12)16-8-6-11(15)10(2)3/h5,7,10-13,15H,4,6,8-9H2,1-3H3. The minimum absolute atomic E-state index is 0.0235. The van der Waals surface area contributed by atoms with Crippen LogP contribution in [0.3, 0.4) is 0 Å². The molecule has 0 aromatic carbocycles. The van der Waals surface area contributed by atoms with Gasteiger partial charge in [0.2, 0.25) is 0 Å². The number of epoxide rings is 2. The molecule has 0 aromatic heterocycles. The summed E-state index contributed by atoms with van der Waals surface area (Å²) in [4.78, 5) is 0. The van der Waals surface area contributed by atoms with E-state index in [0.29, 0.717) is 13.0 Å². The lowest BCUT2D eigenvalue weighted by molar-refractivity contribution is 0.0174. The van der Waals surface area contributed by atoms with Gasteiger partial charge >= 0.3 is 0 Å². The van der Waals surface area contributed by atoms with Gasteiger partial charge in [0, 0.05) is 0 Å². The van der Waals surface area contributed by atoms with E-state index in [1.807, 2.05) is 19.9 Å². The zero-order valence-corrected chi connectivity index (χ0v) is 11.5. The molecule has 0 aromatic rings. The maximum absolute atomic E-state index is 9.62. The van der Waals surface area contributed by atoms with Gasteiger partial charge in [-0.25, -0.2) is 0 Å². The summed E-state index contributed by atoms with van der Waals surface area (Å²) in [5, 5.41) is 9.62. The fourth-order valence-electron chi connectivity index (χ4n) is 1.80. The Kier molecular flexibility index (Phi) is 4.43. The first kappa shape index (κ1) is 14.0. The molecule has 4 heteroatoms. The highest BCUT2D eigenvalue weighted by Crippen LogP contribution is 2.34. The van der Waals surface area contributed by atoms with Crippen molar-refractivity contribution < 1.29 is 19.3 Å². The zero-order chi connectivity index (χ0) is 13.2. The minimum atomic E-state index is -0.291. The molecule has 0 amide bonds. The predicted molar refractivity (Wildman–Crippen MR) is 68.2 cm³/mol. The molecule has 4 unspecified atom stereocenters. The summed E-state index contributed by atoms with van der Waals surface area (Å²) >= 11 is 0. The Morgan fingerprint density at radius 2 is 2.22 bits per heavy atom. The SMILES string of the molecule is CCC1(C=CC2OC2OCCC(O)C(C)C)CO1. The second-order valence-corrected chi connectivity index (χ2v) is 5.51. The smallest absolute Gasteiger partial charge is 0.188 e. The Morgan fingerprint density at radius 3 is 2.78 bits per heavy atom. The van der Waals surface area contributed by atoms with Crippen molar-refractivity contribution >= 4 is 0 Å². The number of hydrogen-bond donors (Lipinski definition) is 1. The molecule has 2 saturated heterocycles. The van der Waals surface area contributed by atoms with Crippen molar-refractivity contribution in [3.8, 4) is 0 Å². The molecule has 104 valence electrons. The highest BCUT2D eigenvalue weighted by Gasteiger charge is 2.43. The van der Waals surface area contributed by atoms with Crippen LogP contribution < -0.4 is 0 Å². The molecule has 2 heterocycles. The first-order valence-corrected chi connectivity index (χ1v) is 6.85. The van der Waals surface area contributed by atoms with Crippen molar-refractivity contribution in [2.75, 3.05) is 13.2 Å². The van der Waals surface area contributed by atoms with Crippen molar-refractivity contribution in [3.05, 3.63) is 12.2 Å². The van der Waals surface area contributed by atoms with E-state index >= 15 is 0 Å². The summed E-state index contributed by atoms with van der Waals surface area (Å²) in [6, 6.07) is 0. The average molecular weight is 256 g/mol. The Balaban J connectivity index is 1.58. The molecule has 2 fully saturated rings. The van der Waals surface area contributed by atoms with Crippen LogP contribution in [0.1, 0.15) is 33.6 Å². The lowest BCUT2D eigenvalue weighted by Gasteiger charge is -2.13. The molecular weight excluding hydrogens is 232 g/mol. The number of hydrogen-bond acceptors (Lipinski definition) is 4. The molecular formula is C14H24O4. The van der Waals surface area contributed by atoms with Crippen LogP contribution in [-0.2, 0) is 14.2 Å². The molecule has 4 atom stereocenters. The number of aliphatic hydroxyl groups excluding tert-OH is 1. The van der Waals surface area contributed by atoms with Crippen molar-refractivity contribution in [1.82, 2.24) is 0 Å². The first-order chi connectivity index (χ1) is 8.56. The molecule has 0 aliphatic carbocycles. The number of rotatable bonds is 8. The van der Waals surface area contributed by atoms with Crippen LogP contribution in [0.5, 0.6) is 0 Å². The van der Waals surface area contributed by atoms with Crippen molar-refractivity contribution in [1.29, 1.82) is 0 Å². The third kappa shape index (κ3) is 3.79. The molecule has 0 spiro atoms. The van der Waals surface area contributed by atoms with Crippen LogP contribution in [0, 0.1) is 5.92 Å². The van der Waals surface area contributed by atoms with Crippen LogP contribution in [0.15, 0.2) is 12.2 Å². The molecule has 4 nitrogen and oxygen atoms in total. The highest BCUT2D eigenvalue weighted by molar-refractivity contribution is 5.13. The molecule has 2 aliphatic rings. The summed E-state index contributed by atoms with van der Waals surface area (Å²) in [6.07, 6.45) is 5.42. The molecule has 18 heavy (non-hydrogen) atoms. The van der Waals surface area contributed by atoms with Gasteiger partial charge in [0.15, 0.2) is 6.29 Å². The number of ether oxygens (including phenoxy) is 3. The van der Waals surface area contributed by atoms with Gasteiger partial charge in [-0.05, 0) is 18.8 Å². The summed E-state index contributed by atoms with van der Waals surface area (Å²) in [6.45, 7) is 7.49. The fourth-order valence-corrected chi connectivity index (χ4v) is 1.80.